The number of carbonyl (C=O) groups excluding carboxylic acids is 1. The van der Waals surface area contributed by atoms with Gasteiger partial charge in [0.15, 0.2) is 11.3 Å². The Balaban J connectivity index is 2.35. The van der Waals surface area contributed by atoms with Crippen LogP contribution in [0.5, 0.6) is 0 Å². The maximum atomic E-state index is 15.2. The van der Waals surface area contributed by atoms with Crippen molar-refractivity contribution in [2.24, 2.45) is 16.6 Å². The lowest BCUT2D eigenvalue weighted by Gasteiger charge is -2.30. The van der Waals surface area contributed by atoms with Crippen LogP contribution < -0.4 is 5.73 Å². The van der Waals surface area contributed by atoms with Crippen molar-refractivity contribution in [3.05, 3.63) is 90.0 Å². The number of rotatable bonds is 6. The smallest absolute Gasteiger partial charge is 0.173 e. The molecule has 0 spiro atoms. The van der Waals surface area contributed by atoms with E-state index in [-0.39, 0.29) is 23.1 Å². The molecule has 1 aromatic heterocycles. The van der Waals surface area contributed by atoms with Gasteiger partial charge in [0, 0.05) is 23.9 Å². The van der Waals surface area contributed by atoms with Crippen LogP contribution in [0, 0.1) is 11.7 Å². The van der Waals surface area contributed by atoms with Crippen molar-refractivity contribution in [2.75, 3.05) is 0 Å². The molecule has 2 aromatic carbocycles. The van der Waals surface area contributed by atoms with Gasteiger partial charge >= 0.3 is 0 Å². The molecule has 3 rings (SSSR count). The predicted octanol–water partition coefficient (Wildman–Crippen LogP) is 4.73. The normalized spacial score (nSPS) is 13.9. The third-order valence-corrected chi connectivity index (χ3v) is 4.96. The summed E-state index contributed by atoms with van der Waals surface area (Å²) in [4.78, 5) is 21.7. The lowest BCUT2D eigenvalue weighted by molar-refractivity contribution is -0.120. The number of aliphatic imine (C=N–C) groups is 1. The van der Waals surface area contributed by atoms with Gasteiger partial charge in [0.25, 0.3) is 0 Å². The van der Waals surface area contributed by atoms with E-state index in [1.165, 1.54) is 13.0 Å². The van der Waals surface area contributed by atoms with Crippen molar-refractivity contribution in [3.63, 3.8) is 0 Å². The minimum absolute atomic E-state index is 0.0936. The van der Waals surface area contributed by atoms with Crippen LogP contribution in [0.3, 0.4) is 0 Å². The second-order valence-electron chi connectivity index (χ2n) is 7.25. The zero-order valence-electron chi connectivity index (χ0n) is 16.8. The Labute approximate surface area is 170 Å². The standard InChI is InChI=1S/C24H24FN3O/c1-16(2)23(26)28-24(17(3)29,20-7-5-4-6-8-20)21-15-19(9-10-22(21)25)18-11-13-27-14-12-18/h4-16H,1-3H3,(H2,26,28). The fourth-order valence-corrected chi connectivity index (χ4v) is 3.28. The molecule has 29 heavy (non-hydrogen) atoms. The first-order valence-electron chi connectivity index (χ1n) is 9.48. The summed E-state index contributed by atoms with van der Waals surface area (Å²) in [7, 11) is 0. The van der Waals surface area contributed by atoms with Crippen molar-refractivity contribution in [3.8, 4) is 11.1 Å². The molecule has 0 radical (unpaired) electrons. The minimum Gasteiger partial charge on any atom is -0.387 e. The summed E-state index contributed by atoms with van der Waals surface area (Å²) < 4.78 is 15.2. The number of halogens is 1. The first kappa shape index (κ1) is 20.4. The topological polar surface area (TPSA) is 68.3 Å². The van der Waals surface area contributed by atoms with Crippen molar-refractivity contribution < 1.29 is 9.18 Å². The Morgan fingerprint density at radius 3 is 2.28 bits per heavy atom. The summed E-state index contributed by atoms with van der Waals surface area (Å²) in [6, 6.07) is 17.4. The van der Waals surface area contributed by atoms with Gasteiger partial charge < -0.3 is 5.73 Å². The number of amidine groups is 1. The van der Waals surface area contributed by atoms with Gasteiger partial charge in [-0.2, -0.15) is 0 Å². The Morgan fingerprint density at radius 1 is 1.03 bits per heavy atom. The Kier molecular flexibility index (Phi) is 5.87. The van der Waals surface area contributed by atoms with Gasteiger partial charge in [0.05, 0.1) is 5.84 Å². The predicted molar refractivity (Wildman–Crippen MR) is 114 cm³/mol. The van der Waals surface area contributed by atoms with Crippen LogP contribution in [0.25, 0.3) is 11.1 Å². The van der Waals surface area contributed by atoms with Crippen LogP contribution in [-0.4, -0.2) is 16.6 Å². The van der Waals surface area contributed by atoms with Crippen molar-refractivity contribution >= 4 is 11.6 Å². The maximum absolute atomic E-state index is 15.2. The molecule has 0 aliphatic carbocycles. The number of hydrogen-bond acceptors (Lipinski definition) is 3. The van der Waals surface area contributed by atoms with Crippen LogP contribution >= 0.6 is 0 Å². The van der Waals surface area contributed by atoms with Gasteiger partial charge in [0.1, 0.15) is 5.82 Å². The van der Waals surface area contributed by atoms with E-state index in [0.29, 0.717) is 5.56 Å². The van der Waals surface area contributed by atoms with Gasteiger partial charge in [-0.15, -0.1) is 0 Å². The largest absolute Gasteiger partial charge is 0.387 e. The summed E-state index contributed by atoms with van der Waals surface area (Å²) in [6.45, 7) is 5.19. The minimum atomic E-state index is -1.57. The van der Waals surface area contributed by atoms with Gasteiger partial charge in [0.2, 0.25) is 0 Å². The Morgan fingerprint density at radius 2 is 1.69 bits per heavy atom. The molecule has 0 bridgehead atoms. The molecule has 0 aliphatic rings. The first-order chi connectivity index (χ1) is 13.9. The molecule has 0 amide bonds. The van der Waals surface area contributed by atoms with Crippen molar-refractivity contribution in [1.82, 2.24) is 4.98 Å². The lowest BCUT2D eigenvalue weighted by atomic mass is 9.78. The maximum Gasteiger partial charge on any atom is 0.173 e. The Hall–Kier alpha value is -3.34. The average molecular weight is 389 g/mol. The molecule has 3 aromatic rings. The quantitative estimate of drug-likeness (QED) is 0.489. The molecule has 1 atom stereocenters. The molecule has 0 saturated carbocycles. The SMILES string of the molecule is CC(=O)C(N=C(N)C(C)C)(c1ccccc1)c1cc(-c2ccncc2)ccc1F. The summed E-state index contributed by atoms with van der Waals surface area (Å²) in [5.41, 5.74) is 7.00. The third kappa shape index (κ3) is 3.94. The summed E-state index contributed by atoms with van der Waals surface area (Å²) in [6.07, 6.45) is 3.34. The molecule has 1 unspecified atom stereocenters. The molecule has 0 aliphatic heterocycles. The molecular weight excluding hydrogens is 365 g/mol. The van der Waals surface area contributed by atoms with Crippen LogP contribution in [0.1, 0.15) is 31.9 Å². The van der Waals surface area contributed by atoms with Gasteiger partial charge in [-0.3, -0.25) is 9.78 Å². The summed E-state index contributed by atoms with van der Waals surface area (Å²) in [5.74, 6) is -0.623. The average Bonchev–Trinajstić information content (AvgIpc) is 2.73. The number of nitrogens with two attached hydrogens (primary N) is 1. The van der Waals surface area contributed by atoms with Crippen LogP contribution in [-0.2, 0) is 10.3 Å². The van der Waals surface area contributed by atoms with E-state index in [4.69, 9.17) is 5.73 Å². The van der Waals surface area contributed by atoms with E-state index in [1.807, 2.05) is 32.0 Å². The number of nitrogens with zero attached hydrogens (tertiary/aromatic N) is 2. The zero-order chi connectivity index (χ0) is 21.0. The van der Waals surface area contributed by atoms with E-state index in [0.717, 1.165) is 11.1 Å². The third-order valence-electron chi connectivity index (χ3n) is 4.96. The molecule has 0 fully saturated rings. The van der Waals surface area contributed by atoms with Crippen LogP contribution in [0.4, 0.5) is 4.39 Å². The second-order valence-corrected chi connectivity index (χ2v) is 7.25. The molecule has 148 valence electrons. The Bertz CT molecular complexity index is 1030. The number of hydrogen-bond donors (Lipinski definition) is 1. The fraction of sp³-hybridized carbons (Fsp3) is 0.208. The number of pyridine rings is 1. The van der Waals surface area contributed by atoms with Crippen LogP contribution in [0.2, 0.25) is 0 Å². The molecule has 4 nitrogen and oxygen atoms in total. The number of aromatic nitrogens is 1. The van der Waals surface area contributed by atoms with E-state index in [9.17, 15) is 4.79 Å². The highest BCUT2D eigenvalue weighted by Gasteiger charge is 2.42. The number of carbonyl (C=O) groups is 1. The monoisotopic (exact) mass is 389 g/mol. The molecule has 0 saturated heterocycles. The van der Waals surface area contributed by atoms with Gasteiger partial charge in [-0.1, -0.05) is 50.2 Å². The highest BCUT2D eigenvalue weighted by Crippen LogP contribution is 2.39. The highest BCUT2D eigenvalue weighted by molar-refractivity contribution is 5.96. The van der Waals surface area contributed by atoms with E-state index in [1.54, 1.807) is 48.8 Å². The number of benzene rings is 2. The van der Waals surface area contributed by atoms with Gasteiger partial charge in [-0.25, -0.2) is 9.38 Å². The summed E-state index contributed by atoms with van der Waals surface area (Å²) >= 11 is 0. The highest BCUT2D eigenvalue weighted by atomic mass is 19.1. The van der Waals surface area contributed by atoms with E-state index >= 15 is 4.39 Å². The van der Waals surface area contributed by atoms with Crippen molar-refractivity contribution in [2.45, 2.75) is 26.3 Å². The number of Topliss-reactive ketones (excluding diaryl/α,β-unsaturated/α-hetero) is 1. The molecule has 5 heteroatoms. The molecule has 2 N–H and O–H groups in total. The van der Waals surface area contributed by atoms with Crippen LogP contribution in [0.15, 0.2) is 78.0 Å². The molecule has 1 heterocycles. The fourth-order valence-electron chi connectivity index (χ4n) is 3.28. The number of ketones is 1. The van der Waals surface area contributed by atoms with Crippen molar-refractivity contribution in [1.29, 1.82) is 0 Å². The first-order valence-corrected chi connectivity index (χ1v) is 9.48. The lowest BCUT2D eigenvalue weighted by Crippen LogP contribution is -2.38. The second kappa shape index (κ2) is 8.35. The zero-order valence-corrected chi connectivity index (χ0v) is 16.8. The molecular formula is C24H24FN3O. The van der Waals surface area contributed by atoms with E-state index < -0.39 is 11.4 Å². The summed E-state index contributed by atoms with van der Waals surface area (Å²) in [5, 5.41) is 0. The van der Waals surface area contributed by atoms with E-state index in [2.05, 4.69) is 9.98 Å². The van der Waals surface area contributed by atoms with Gasteiger partial charge in [-0.05, 0) is 47.9 Å².